The summed E-state index contributed by atoms with van der Waals surface area (Å²) in [6.45, 7) is 3.60. The van der Waals surface area contributed by atoms with Gasteiger partial charge in [0.25, 0.3) is 0 Å². The van der Waals surface area contributed by atoms with Gasteiger partial charge in [-0.2, -0.15) is 0 Å². The Kier molecular flexibility index (Phi) is 3.96. The van der Waals surface area contributed by atoms with Crippen LogP contribution in [0.2, 0.25) is 10.0 Å². The summed E-state index contributed by atoms with van der Waals surface area (Å²) in [5.74, 6) is -2.07. The number of carbonyl (C=O) groups is 1. The third kappa shape index (κ3) is 2.48. The third-order valence-corrected chi connectivity index (χ3v) is 3.22. The molecule has 1 heterocycles. The summed E-state index contributed by atoms with van der Waals surface area (Å²) in [6, 6.07) is 2.63. The van der Waals surface area contributed by atoms with E-state index in [1.807, 2.05) is 0 Å². The number of nitrogens with zero attached hydrogens (tertiary/aromatic N) is 3. The van der Waals surface area contributed by atoms with Gasteiger partial charge in [-0.3, -0.25) is 0 Å². The third-order valence-electron chi connectivity index (χ3n) is 2.67. The van der Waals surface area contributed by atoms with E-state index in [0.29, 0.717) is 11.4 Å². The molecule has 0 amide bonds. The molecule has 20 heavy (non-hydrogen) atoms. The van der Waals surface area contributed by atoms with Crippen LogP contribution in [0.4, 0.5) is 4.39 Å². The van der Waals surface area contributed by atoms with Gasteiger partial charge in [-0.1, -0.05) is 42.3 Å². The Morgan fingerprint density at radius 1 is 1.35 bits per heavy atom. The lowest BCUT2D eigenvalue weighted by atomic mass is 10.1. The Morgan fingerprint density at radius 2 is 1.90 bits per heavy atom. The SMILES string of the molecule is CC(C)c1c(C(=O)O)nnn1-c1cc(Cl)c(F)c(Cl)c1. The van der Waals surface area contributed by atoms with Gasteiger partial charge in [-0.15, -0.1) is 5.10 Å². The molecule has 5 nitrogen and oxygen atoms in total. The molecular formula is C12H10Cl2FN3O2. The number of carboxylic acids is 1. The van der Waals surface area contributed by atoms with Gasteiger partial charge in [0.15, 0.2) is 11.5 Å². The van der Waals surface area contributed by atoms with Gasteiger partial charge in [-0.05, 0) is 18.1 Å². The quantitative estimate of drug-likeness (QED) is 0.879. The molecule has 1 aromatic carbocycles. The molecule has 2 rings (SSSR count). The number of carboxylic acid groups (broad SMARTS) is 1. The number of rotatable bonds is 3. The molecule has 0 unspecified atom stereocenters. The topological polar surface area (TPSA) is 68.0 Å². The second kappa shape index (κ2) is 5.38. The molecule has 0 aliphatic heterocycles. The highest BCUT2D eigenvalue weighted by atomic mass is 35.5. The smallest absolute Gasteiger partial charge is 0.358 e. The molecule has 0 saturated heterocycles. The maximum Gasteiger partial charge on any atom is 0.358 e. The minimum Gasteiger partial charge on any atom is -0.476 e. The van der Waals surface area contributed by atoms with Gasteiger partial charge in [0.05, 0.1) is 21.4 Å². The van der Waals surface area contributed by atoms with Crippen LogP contribution in [0.5, 0.6) is 0 Å². The molecule has 1 aromatic heterocycles. The van der Waals surface area contributed by atoms with Crippen molar-refractivity contribution in [1.82, 2.24) is 15.0 Å². The summed E-state index contributed by atoms with van der Waals surface area (Å²) in [5.41, 5.74) is 0.581. The summed E-state index contributed by atoms with van der Waals surface area (Å²) in [6.07, 6.45) is 0. The van der Waals surface area contributed by atoms with Crippen molar-refractivity contribution in [2.75, 3.05) is 0 Å². The maximum absolute atomic E-state index is 13.4. The predicted octanol–water partition coefficient (Wildman–Crippen LogP) is 3.53. The number of halogens is 3. The largest absolute Gasteiger partial charge is 0.476 e. The fourth-order valence-electron chi connectivity index (χ4n) is 1.81. The van der Waals surface area contributed by atoms with Gasteiger partial charge in [-0.25, -0.2) is 13.9 Å². The number of aromatic nitrogens is 3. The van der Waals surface area contributed by atoms with Crippen LogP contribution in [0.25, 0.3) is 5.69 Å². The molecule has 0 radical (unpaired) electrons. The molecule has 0 spiro atoms. The molecule has 0 aliphatic carbocycles. The normalized spacial score (nSPS) is 11.1. The van der Waals surface area contributed by atoms with Crippen molar-refractivity contribution in [3.8, 4) is 5.69 Å². The highest BCUT2D eigenvalue weighted by Gasteiger charge is 2.23. The van der Waals surface area contributed by atoms with Crippen LogP contribution >= 0.6 is 23.2 Å². The summed E-state index contributed by atoms with van der Waals surface area (Å²) >= 11 is 11.5. The Hall–Kier alpha value is -1.66. The monoisotopic (exact) mass is 317 g/mol. The lowest BCUT2D eigenvalue weighted by Gasteiger charge is -2.11. The maximum atomic E-state index is 13.4. The van der Waals surface area contributed by atoms with Crippen molar-refractivity contribution in [2.24, 2.45) is 0 Å². The van der Waals surface area contributed by atoms with Crippen LogP contribution < -0.4 is 0 Å². The first-order chi connectivity index (χ1) is 9.32. The average Bonchev–Trinajstić information content (AvgIpc) is 2.80. The molecule has 1 N–H and O–H groups in total. The first-order valence-corrected chi connectivity index (χ1v) is 6.42. The van der Waals surface area contributed by atoms with E-state index >= 15 is 0 Å². The zero-order valence-corrected chi connectivity index (χ0v) is 12.1. The van der Waals surface area contributed by atoms with E-state index in [2.05, 4.69) is 10.3 Å². The van der Waals surface area contributed by atoms with E-state index in [1.165, 1.54) is 16.8 Å². The first kappa shape index (κ1) is 14.7. The van der Waals surface area contributed by atoms with Crippen LogP contribution in [-0.4, -0.2) is 26.1 Å². The van der Waals surface area contributed by atoms with Crippen molar-refractivity contribution in [3.05, 3.63) is 39.4 Å². The van der Waals surface area contributed by atoms with Gasteiger partial charge in [0.2, 0.25) is 0 Å². The Labute approximate surface area is 123 Å². The fraction of sp³-hybridized carbons (Fsp3) is 0.250. The van der Waals surface area contributed by atoms with Crippen LogP contribution in [0.3, 0.4) is 0 Å². The number of aromatic carboxylic acids is 1. The summed E-state index contributed by atoms with van der Waals surface area (Å²) in [5, 5.41) is 16.2. The number of hydrogen-bond donors (Lipinski definition) is 1. The van der Waals surface area contributed by atoms with Gasteiger partial charge >= 0.3 is 5.97 Å². The molecule has 0 bridgehead atoms. The zero-order chi connectivity index (χ0) is 15.0. The molecule has 106 valence electrons. The fourth-order valence-corrected chi connectivity index (χ4v) is 2.29. The molecular weight excluding hydrogens is 308 g/mol. The van der Waals surface area contributed by atoms with Crippen molar-refractivity contribution in [2.45, 2.75) is 19.8 Å². The standard InChI is InChI=1S/C12H10Cl2FN3O2/c1-5(2)11-10(12(19)20)16-17-18(11)6-3-7(13)9(15)8(14)4-6/h3-5H,1-2H3,(H,19,20). The summed E-state index contributed by atoms with van der Waals surface area (Å²) in [4.78, 5) is 11.1. The highest BCUT2D eigenvalue weighted by Crippen LogP contribution is 2.29. The van der Waals surface area contributed by atoms with Gasteiger partial charge in [0.1, 0.15) is 0 Å². The van der Waals surface area contributed by atoms with E-state index in [4.69, 9.17) is 28.3 Å². The van der Waals surface area contributed by atoms with E-state index in [9.17, 15) is 9.18 Å². The predicted molar refractivity (Wildman–Crippen MR) is 72.4 cm³/mol. The molecule has 0 atom stereocenters. The van der Waals surface area contributed by atoms with Crippen LogP contribution in [0.1, 0.15) is 35.9 Å². The van der Waals surface area contributed by atoms with Crippen LogP contribution in [0.15, 0.2) is 12.1 Å². The van der Waals surface area contributed by atoms with E-state index in [1.54, 1.807) is 13.8 Å². The number of benzene rings is 1. The van der Waals surface area contributed by atoms with Crippen molar-refractivity contribution in [1.29, 1.82) is 0 Å². The van der Waals surface area contributed by atoms with E-state index in [-0.39, 0.29) is 21.7 Å². The second-order valence-electron chi connectivity index (χ2n) is 4.42. The average molecular weight is 318 g/mol. The molecule has 8 heteroatoms. The first-order valence-electron chi connectivity index (χ1n) is 5.66. The van der Waals surface area contributed by atoms with Crippen molar-refractivity contribution in [3.63, 3.8) is 0 Å². The van der Waals surface area contributed by atoms with Gasteiger partial charge < -0.3 is 5.11 Å². The second-order valence-corrected chi connectivity index (χ2v) is 5.23. The molecule has 2 aromatic rings. The van der Waals surface area contributed by atoms with Gasteiger partial charge in [0, 0.05) is 0 Å². The molecule has 0 aliphatic rings. The van der Waals surface area contributed by atoms with Crippen LogP contribution in [0, 0.1) is 5.82 Å². The minimum atomic E-state index is -1.18. The number of hydrogen-bond acceptors (Lipinski definition) is 3. The summed E-state index contributed by atoms with van der Waals surface area (Å²) in [7, 11) is 0. The van der Waals surface area contributed by atoms with E-state index in [0.717, 1.165) is 0 Å². The lowest BCUT2D eigenvalue weighted by Crippen LogP contribution is -2.08. The summed E-state index contributed by atoms with van der Waals surface area (Å²) < 4.78 is 14.7. The molecule has 0 fully saturated rings. The minimum absolute atomic E-state index is 0.154. The Balaban J connectivity index is 2.67. The Morgan fingerprint density at radius 3 is 2.35 bits per heavy atom. The molecule has 0 saturated carbocycles. The van der Waals surface area contributed by atoms with E-state index < -0.39 is 11.8 Å². The zero-order valence-electron chi connectivity index (χ0n) is 10.6. The Bertz CT molecular complexity index is 662. The van der Waals surface area contributed by atoms with Crippen molar-refractivity contribution >= 4 is 29.2 Å². The highest BCUT2D eigenvalue weighted by molar-refractivity contribution is 6.35. The lowest BCUT2D eigenvalue weighted by molar-refractivity contribution is 0.0688. The van der Waals surface area contributed by atoms with Crippen LogP contribution in [-0.2, 0) is 0 Å². The van der Waals surface area contributed by atoms with Crippen molar-refractivity contribution < 1.29 is 14.3 Å².